The van der Waals surface area contributed by atoms with Crippen LogP contribution in [-0.2, 0) is 17.6 Å². The van der Waals surface area contributed by atoms with Crippen molar-refractivity contribution in [3.8, 4) is 0 Å². The third-order valence-electron chi connectivity index (χ3n) is 7.19. The minimum atomic E-state index is -0.530. The first-order valence-corrected chi connectivity index (χ1v) is 13.8. The number of nitrogens with zero attached hydrogens (tertiary/aromatic N) is 4. The van der Waals surface area contributed by atoms with Crippen LogP contribution in [0.3, 0.4) is 0 Å². The zero-order valence-corrected chi connectivity index (χ0v) is 23.3. The fourth-order valence-electron chi connectivity index (χ4n) is 5.20. The first-order valence-electron chi connectivity index (χ1n) is 13.8. The second-order valence-electron chi connectivity index (χ2n) is 11.4. The molecule has 2 aromatic rings. The van der Waals surface area contributed by atoms with Crippen LogP contribution in [0, 0.1) is 17.6 Å². The molecular formula is C30H40F2N4O2. The van der Waals surface area contributed by atoms with Gasteiger partial charge in [0.05, 0.1) is 5.69 Å². The predicted octanol–water partition coefficient (Wildman–Crippen LogP) is 6.58. The largest absolute Gasteiger partial charge is 0.444 e. The Labute approximate surface area is 225 Å². The molecule has 38 heavy (non-hydrogen) atoms. The van der Waals surface area contributed by atoms with E-state index in [4.69, 9.17) is 14.7 Å². The molecule has 0 radical (unpaired) electrons. The number of carbonyl (C=O) groups is 1. The van der Waals surface area contributed by atoms with Gasteiger partial charge >= 0.3 is 6.09 Å². The molecule has 8 heteroatoms. The Bertz CT molecular complexity index is 1170. The number of unbranched alkanes of at least 4 members (excludes halogenated alkanes) is 1. The summed E-state index contributed by atoms with van der Waals surface area (Å²) in [6.45, 7) is 11.6. The standard InChI is InChI=1S/C30H40F2N4O2/c1-6-24(21-11-12-21)27-26(10-8-7-9-22-17-23(31)13-14-25(22)32)33-19-34-28(27)36-16-15-35(18-20(36)2)29(37)38-30(3,4)5/h6,13-14,17,19-21H,7-12,15-16,18H2,1-5H3/b24-6-/t20-/m0/s1. The number of benzene rings is 1. The highest BCUT2D eigenvalue weighted by Gasteiger charge is 2.35. The highest BCUT2D eigenvalue weighted by atomic mass is 19.1. The number of rotatable bonds is 8. The fraction of sp³-hybridized carbons (Fsp3) is 0.567. The molecule has 1 aliphatic carbocycles. The van der Waals surface area contributed by atoms with E-state index in [9.17, 15) is 13.6 Å². The lowest BCUT2D eigenvalue weighted by molar-refractivity contribution is 0.0218. The fourth-order valence-corrected chi connectivity index (χ4v) is 5.20. The van der Waals surface area contributed by atoms with Gasteiger partial charge in [-0.3, -0.25) is 0 Å². The van der Waals surface area contributed by atoms with E-state index < -0.39 is 11.4 Å². The molecule has 1 aromatic carbocycles. The van der Waals surface area contributed by atoms with Crippen molar-refractivity contribution in [2.75, 3.05) is 24.5 Å². The second-order valence-corrected chi connectivity index (χ2v) is 11.4. The lowest BCUT2D eigenvalue weighted by atomic mass is 9.95. The number of hydrogen-bond donors (Lipinski definition) is 0. The summed E-state index contributed by atoms with van der Waals surface area (Å²) in [6, 6.07) is 3.69. The van der Waals surface area contributed by atoms with Crippen LogP contribution in [0.5, 0.6) is 0 Å². The summed E-state index contributed by atoms with van der Waals surface area (Å²) in [7, 11) is 0. The van der Waals surface area contributed by atoms with Gasteiger partial charge in [0.2, 0.25) is 0 Å². The Hall–Kier alpha value is -3.03. The smallest absolute Gasteiger partial charge is 0.410 e. The number of anilines is 1. The monoisotopic (exact) mass is 526 g/mol. The van der Waals surface area contributed by atoms with E-state index in [0.717, 1.165) is 55.2 Å². The number of halogens is 2. The molecule has 1 amide bonds. The number of aryl methyl sites for hydroxylation is 2. The summed E-state index contributed by atoms with van der Waals surface area (Å²) in [4.78, 5) is 26.2. The molecule has 6 nitrogen and oxygen atoms in total. The maximum atomic E-state index is 14.1. The molecular weight excluding hydrogens is 486 g/mol. The highest BCUT2D eigenvalue weighted by molar-refractivity contribution is 5.79. The molecule has 0 bridgehead atoms. The molecule has 1 aromatic heterocycles. The van der Waals surface area contributed by atoms with Crippen molar-refractivity contribution in [3.63, 3.8) is 0 Å². The molecule has 1 atom stereocenters. The zero-order valence-electron chi connectivity index (χ0n) is 23.3. The van der Waals surface area contributed by atoms with Gasteiger partial charge in [0.1, 0.15) is 29.4 Å². The van der Waals surface area contributed by atoms with E-state index in [-0.39, 0.29) is 18.0 Å². The van der Waals surface area contributed by atoms with Gasteiger partial charge in [0.25, 0.3) is 0 Å². The maximum absolute atomic E-state index is 14.1. The number of hydrogen-bond acceptors (Lipinski definition) is 5. The normalized spacial score (nSPS) is 18.6. The molecule has 0 N–H and O–H groups in total. The first-order chi connectivity index (χ1) is 18.1. The summed E-state index contributed by atoms with van der Waals surface area (Å²) in [5, 5.41) is 0. The third-order valence-corrected chi connectivity index (χ3v) is 7.19. The van der Waals surface area contributed by atoms with Gasteiger partial charge in [-0.1, -0.05) is 6.08 Å². The minimum Gasteiger partial charge on any atom is -0.444 e. The highest BCUT2D eigenvalue weighted by Crippen LogP contribution is 2.45. The van der Waals surface area contributed by atoms with E-state index in [0.29, 0.717) is 37.5 Å². The number of piperazine rings is 1. The summed E-state index contributed by atoms with van der Waals surface area (Å²) in [6.07, 6.45) is 8.62. The Balaban J connectivity index is 1.51. The lowest BCUT2D eigenvalue weighted by Crippen LogP contribution is -2.55. The van der Waals surface area contributed by atoms with Crippen LogP contribution in [0.4, 0.5) is 19.4 Å². The van der Waals surface area contributed by atoms with Gasteiger partial charge in [-0.2, -0.15) is 0 Å². The van der Waals surface area contributed by atoms with Crippen molar-refractivity contribution >= 4 is 17.5 Å². The second kappa shape index (κ2) is 11.8. The summed E-state index contributed by atoms with van der Waals surface area (Å²) < 4.78 is 33.2. The topological polar surface area (TPSA) is 58.6 Å². The van der Waals surface area contributed by atoms with Crippen LogP contribution in [0.2, 0.25) is 0 Å². The lowest BCUT2D eigenvalue weighted by Gasteiger charge is -2.41. The molecule has 1 aliphatic heterocycles. The van der Waals surface area contributed by atoms with E-state index >= 15 is 0 Å². The Morgan fingerprint density at radius 3 is 2.53 bits per heavy atom. The van der Waals surface area contributed by atoms with E-state index in [1.165, 1.54) is 17.7 Å². The van der Waals surface area contributed by atoms with Gasteiger partial charge in [-0.05, 0) is 108 Å². The molecule has 2 heterocycles. The van der Waals surface area contributed by atoms with Gasteiger partial charge in [-0.25, -0.2) is 23.5 Å². The van der Waals surface area contributed by atoms with Gasteiger partial charge in [0, 0.05) is 31.2 Å². The maximum Gasteiger partial charge on any atom is 0.410 e. The minimum absolute atomic E-state index is 0.0611. The number of ether oxygens (including phenoxy) is 1. The number of allylic oxidation sites excluding steroid dienone is 2. The Kier molecular flexibility index (Phi) is 8.68. The number of carbonyl (C=O) groups excluding carboxylic acids is 1. The van der Waals surface area contributed by atoms with Gasteiger partial charge in [-0.15, -0.1) is 0 Å². The van der Waals surface area contributed by atoms with Crippen molar-refractivity contribution in [1.29, 1.82) is 0 Å². The van der Waals surface area contributed by atoms with Crippen LogP contribution in [0.15, 0.2) is 30.6 Å². The quantitative estimate of drug-likeness (QED) is 0.364. The van der Waals surface area contributed by atoms with Crippen molar-refractivity contribution < 1.29 is 18.3 Å². The Morgan fingerprint density at radius 2 is 1.87 bits per heavy atom. The molecule has 2 aliphatic rings. The van der Waals surface area contributed by atoms with Gasteiger partial charge in [0.15, 0.2) is 0 Å². The summed E-state index contributed by atoms with van der Waals surface area (Å²) in [5.74, 6) is 0.666. The van der Waals surface area contributed by atoms with E-state index in [1.54, 1.807) is 11.2 Å². The van der Waals surface area contributed by atoms with Crippen LogP contribution < -0.4 is 4.90 Å². The molecule has 4 rings (SSSR count). The average molecular weight is 527 g/mol. The van der Waals surface area contributed by atoms with Crippen LogP contribution >= 0.6 is 0 Å². The van der Waals surface area contributed by atoms with Crippen molar-refractivity contribution in [1.82, 2.24) is 14.9 Å². The third kappa shape index (κ3) is 6.88. The number of amides is 1. The van der Waals surface area contributed by atoms with Crippen molar-refractivity contribution in [2.45, 2.75) is 84.8 Å². The van der Waals surface area contributed by atoms with Crippen molar-refractivity contribution in [3.05, 3.63) is 59.1 Å². The molecule has 1 saturated carbocycles. The summed E-state index contributed by atoms with van der Waals surface area (Å²) >= 11 is 0. The summed E-state index contributed by atoms with van der Waals surface area (Å²) in [5.41, 5.74) is 3.27. The van der Waals surface area contributed by atoms with Crippen LogP contribution in [-0.4, -0.2) is 52.2 Å². The Morgan fingerprint density at radius 1 is 1.13 bits per heavy atom. The SMILES string of the molecule is C/C=C(\c1c(CCCCc2cc(F)ccc2F)ncnc1N1CCN(C(=O)OC(C)(C)C)C[C@@H]1C)C1CC1. The van der Waals surface area contributed by atoms with Crippen LogP contribution in [0.25, 0.3) is 5.57 Å². The zero-order chi connectivity index (χ0) is 27.4. The molecule has 2 fully saturated rings. The van der Waals surface area contributed by atoms with E-state index in [1.807, 2.05) is 20.8 Å². The number of aromatic nitrogens is 2. The average Bonchev–Trinajstić information content (AvgIpc) is 3.69. The van der Waals surface area contributed by atoms with Crippen molar-refractivity contribution in [2.24, 2.45) is 5.92 Å². The molecule has 1 saturated heterocycles. The molecule has 0 unspecified atom stereocenters. The van der Waals surface area contributed by atoms with Gasteiger partial charge < -0.3 is 14.5 Å². The van der Waals surface area contributed by atoms with E-state index in [2.05, 4.69) is 24.8 Å². The molecule has 0 spiro atoms. The molecule has 206 valence electrons. The van der Waals surface area contributed by atoms with Crippen LogP contribution in [0.1, 0.15) is 77.1 Å². The predicted molar refractivity (Wildman–Crippen MR) is 146 cm³/mol. The first kappa shape index (κ1) is 28.0.